The first-order chi connectivity index (χ1) is 14.5. The van der Waals surface area contributed by atoms with Crippen LogP contribution in [-0.4, -0.2) is 36.2 Å². The van der Waals surface area contributed by atoms with E-state index >= 15 is 0 Å². The second-order valence-electron chi connectivity index (χ2n) is 7.16. The summed E-state index contributed by atoms with van der Waals surface area (Å²) < 4.78 is 3.76. The monoisotopic (exact) mass is 446 g/mol. The number of nitrogens with one attached hydrogen (secondary N) is 1. The van der Waals surface area contributed by atoms with Crippen molar-refractivity contribution in [2.24, 2.45) is 7.05 Å². The Bertz CT molecular complexity index is 982. The zero-order valence-corrected chi connectivity index (χ0v) is 19.1. The molecule has 0 aliphatic carbocycles. The molecule has 0 fully saturated rings. The highest BCUT2D eigenvalue weighted by Gasteiger charge is 2.16. The van der Waals surface area contributed by atoms with Crippen molar-refractivity contribution < 1.29 is 4.79 Å². The van der Waals surface area contributed by atoms with Gasteiger partial charge >= 0.3 is 0 Å². The number of hydrogen-bond acceptors (Lipinski definition) is 5. The third-order valence-corrected chi connectivity index (χ3v) is 5.88. The SMILES string of the molecule is CCCCCCn1c(SCC(=O)Nc2cc(C)nn2C)nnc1-c1ccc(Cl)cc1. The summed E-state index contributed by atoms with van der Waals surface area (Å²) in [7, 11) is 1.81. The molecule has 3 rings (SSSR count). The molecule has 0 saturated carbocycles. The van der Waals surface area contributed by atoms with E-state index in [2.05, 4.69) is 32.1 Å². The van der Waals surface area contributed by atoms with Gasteiger partial charge in [0.2, 0.25) is 5.91 Å². The molecule has 0 bridgehead atoms. The molecule has 1 N–H and O–H groups in total. The largest absolute Gasteiger partial charge is 0.310 e. The number of hydrogen-bond donors (Lipinski definition) is 1. The summed E-state index contributed by atoms with van der Waals surface area (Å²) in [5, 5.41) is 17.3. The molecule has 1 amide bonds. The number of carbonyl (C=O) groups excluding carboxylic acids is 1. The average Bonchev–Trinajstić information content (AvgIpc) is 3.26. The minimum absolute atomic E-state index is 0.100. The molecule has 0 aliphatic rings. The van der Waals surface area contributed by atoms with E-state index in [1.807, 2.05) is 37.3 Å². The van der Waals surface area contributed by atoms with Crippen molar-refractivity contribution in [3.05, 3.63) is 41.0 Å². The van der Waals surface area contributed by atoms with Gasteiger partial charge in [-0.1, -0.05) is 49.5 Å². The maximum atomic E-state index is 12.4. The molecule has 0 radical (unpaired) electrons. The second-order valence-corrected chi connectivity index (χ2v) is 8.54. The molecule has 2 heterocycles. The Morgan fingerprint density at radius 1 is 1.17 bits per heavy atom. The summed E-state index contributed by atoms with van der Waals surface area (Å²) >= 11 is 7.42. The van der Waals surface area contributed by atoms with Crippen LogP contribution in [-0.2, 0) is 18.4 Å². The van der Waals surface area contributed by atoms with Crippen LogP contribution in [0.2, 0.25) is 5.02 Å². The lowest BCUT2D eigenvalue weighted by atomic mass is 10.2. The maximum Gasteiger partial charge on any atom is 0.235 e. The van der Waals surface area contributed by atoms with E-state index in [4.69, 9.17) is 11.6 Å². The van der Waals surface area contributed by atoms with Gasteiger partial charge in [-0.15, -0.1) is 10.2 Å². The van der Waals surface area contributed by atoms with Gasteiger partial charge in [0.15, 0.2) is 11.0 Å². The van der Waals surface area contributed by atoms with Crippen LogP contribution < -0.4 is 5.32 Å². The van der Waals surface area contributed by atoms with E-state index in [1.54, 1.807) is 11.7 Å². The molecule has 9 heteroatoms. The highest BCUT2D eigenvalue weighted by Crippen LogP contribution is 2.26. The average molecular weight is 447 g/mol. The van der Waals surface area contributed by atoms with Gasteiger partial charge in [0.25, 0.3) is 0 Å². The minimum Gasteiger partial charge on any atom is -0.310 e. The number of amides is 1. The summed E-state index contributed by atoms with van der Waals surface area (Å²) in [4.78, 5) is 12.4. The number of nitrogens with zero attached hydrogens (tertiary/aromatic N) is 5. The Labute approximate surface area is 186 Å². The Morgan fingerprint density at radius 3 is 2.60 bits per heavy atom. The standard InChI is InChI=1S/C21H27ClN6OS/c1-4-5-6-7-12-28-20(16-8-10-17(22)11-9-16)24-25-21(28)30-14-19(29)23-18-13-15(2)26-27(18)3/h8-11,13H,4-7,12,14H2,1-3H3,(H,23,29). The highest BCUT2D eigenvalue weighted by molar-refractivity contribution is 7.99. The van der Waals surface area contributed by atoms with Crippen molar-refractivity contribution in [3.63, 3.8) is 0 Å². The normalized spacial score (nSPS) is 11.1. The summed E-state index contributed by atoms with van der Waals surface area (Å²) in [6, 6.07) is 9.44. The molecule has 3 aromatic rings. The molecule has 0 aliphatic heterocycles. The van der Waals surface area contributed by atoms with Gasteiger partial charge in [0.1, 0.15) is 5.82 Å². The number of carbonyl (C=O) groups is 1. The zero-order valence-electron chi connectivity index (χ0n) is 17.6. The number of aryl methyl sites for hydroxylation is 2. The number of unbranched alkanes of at least 4 members (excludes halogenated alkanes) is 3. The lowest BCUT2D eigenvalue weighted by Crippen LogP contribution is -2.17. The molecule has 2 aromatic heterocycles. The van der Waals surface area contributed by atoms with Gasteiger partial charge < -0.3 is 9.88 Å². The fourth-order valence-electron chi connectivity index (χ4n) is 3.14. The first-order valence-corrected chi connectivity index (χ1v) is 11.5. The zero-order chi connectivity index (χ0) is 21.5. The van der Waals surface area contributed by atoms with Crippen molar-refractivity contribution in [3.8, 4) is 11.4 Å². The van der Waals surface area contributed by atoms with Crippen molar-refractivity contribution in [2.45, 2.75) is 51.2 Å². The topological polar surface area (TPSA) is 77.6 Å². The lowest BCUT2D eigenvalue weighted by Gasteiger charge is -2.10. The van der Waals surface area contributed by atoms with Crippen LogP contribution in [0.5, 0.6) is 0 Å². The molecule has 0 atom stereocenters. The van der Waals surface area contributed by atoms with Crippen molar-refractivity contribution in [1.29, 1.82) is 0 Å². The smallest absolute Gasteiger partial charge is 0.235 e. The van der Waals surface area contributed by atoms with E-state index in [-0.39, 0.29) is 11.7 Å². The molecule has 7 nitrogen and oxygen atoms in total. The van der Waals surface area contributed by atoms with Crippen LogP contribution in [0, 0.1) is 6.92 Å². The van der Waals surface area contributed by atoms with Gasteiger partial charge in [-0.05, 0) is 37.6 Å². The second kappa shape index (κ2) is 10.6. The predicted octanol–water partition coefficient (Wildman–Crippen LogP) is 4.95. The van der Waals surface area contributed by atoms with E-state index in [1.165, 1.54) is 24.6 Å². The predicted molar refractivity (Wildman–Crippen MR) is 122 cm³/mol. The summed E-state index contributed by atoms with van der Waals surface area (Å²) in [5.41, 5.74) is 1.82. The minimum atomic E-state index is -0.100. The van der Waals surface area contributed by atoms with E-state index < -0.39 is 0 Å². The number of benzene rings is 1. The van der Waals surface area contributed by atoms with Crippen LogP contribution in [0.1, 0.15) is 38.3 Å². The van der Waals surface area contributed by atoms with Gasteiger partial charge in [-0.3, -0.25) is 9.48 Å². The van der Waals surface area contributed by atoms with Crippen molar-refractivity contribution in [2.75, 3.05) is 11.1 Å². The first-order valence-electron chi connectivity index (χ1n) is 10.1. The van der Waals surface area contributed by atoms with Crippen LogP contribution in [0.4, 0.5) is 5.82 Å². The quantitative estimate of drug-likeness (QED) is 0.352. The third-order valence-electron chi connectivity index (χ3n) is 4.66. The molecule has 160 valence electrons. The summed E-state index contributed by atoms with van der Waals surface area (Å²) in [6.45, 7) is 4.90. The molecule has 30 heavy (non-hydrogen) atoms. The van der Waals surface area contributed by atoms with Gasteiger partial charge in [-0.2, -0.15) is 5.10 Å². The van der Waals surface area contributed by atoms with Gasteiger partial charge in [0, 0.05) is 30.2 Å². The number of anilines is 1. The first kappa shape index (κ1) is 22.4. The molecular weight excluding hydrogens is 420 g/mol. The summed E-state index contributed by atoms with van der Waals surface area (Å²) in [5.74, 6) is 1.63. The Morgan fingerprint density at radius 2 is 1.93 bits per heavy atom. The van der Waals surface area contributed by atoms with Crippen molar-refractivity contribution in [1.82, 2.24) is 24.5 Å². The van der Waals surface area contributed by atoms with E-state index in [0.29, 0.717) is 10.8 Å². The highest BCUT2D eigenvalue weighted by atomic mass is 35.5. The molecule has 0 spiro atoms. The molecule has 1 aromatic carbocycles. The third kappa shape index (κ3) is 5.86. The van der Waals surface area contributed by atoms with Crippen LogP contribution in [0.25, 0.3) is 11.4 Å². The van der Waals surface area contributed by atoms with E-state index in [9.17, 15) is 4.79 Å². The fourth-order valence-corrected chi connectivity index (χ4v) is 4.03. The number of rotatable bonds is 10. The van der Waals surface area contributed by atoms with Gasteiger partial charge in [-0.25, -0.2) is 0 Å². The lowest BCUT2D eigenvalue weighted by molar-refractivity contribution is -0.113. The van der Waals surface area contributed by atoms with Crippen molar-refractivity contribution >= 4 is 35.1 Å². The number of halogens is 1. The summed E-state index contributed by atoms with van der Waals surface area (Å²) in [6.07, 6.45) is 4.58. The number of thioether (sulfide) groups is 1. The number of aromatic nitrogens is 5. The van der Waals surface area contributed by atoms with Gasteiger partial charge in [0.05, 0.1) is 11.4 Å². The molecular formula is C21H27ClN6OS. The van der Waals surface area contributed by atoms with Crippen LogP contribution in [0.3, 0.4) is 0 Å². The fraction of sp³-hybridized carbons (Fsp3) is 0.429. The Hall–Kier alpha value is -2.32. The van der Waals surface area contributed by atoms with Crippen LogP contribution in [0.15, 0.2) is 35.5 Å². The Kier molecular flexibility index (Phi) is 7.93. The van der Waals surface area contributed by atoms with Crippen LogP contribution >= 0.6 is 23.4 Å². The maximum absolute atomic E-state index is 12.4. The molecule has 0 saturated heterocycles. The molecule has 0 unspecified atom stereocenters. The Balaban J connectivity index is 1.71. The van der Waals surface area contributed by atoms with E-state index in [0.717, 1.165) is 41.6 Å².